The highest BCUT2D eigenvalue weighted by molar-refractivity contribution is 14.1. The quantitative estimate of drug-likeness (QED) is 0.684. The van der Waals surface area contributed by atoms with Crippen molar-refractivity contribution < 1.29 is 0 Å². The van der Waals surface area contributed by atoms with Gasteiger partial charge in [0.05, 0.1) is 5.02 Å². The van der Waals surface area contributed by atoms with Gasteiger partial charge in [0, 0.05) is 3.57 Å². The minimum Gasteiger partial charge on any atom is -0.0832 e. The fraction of sp³-hybridized carbons (Fsp3) is 0.222. The first-order chi connectivity index (χ1) is 5.11. The molecule has 0 aliphatic carbocycles. The monoisotopic (exact) mass is 279 g/mol. The van der Waals surface area contributed by atoms with Gasteiger partial charge in [-0.2, -0.15) is 0 Å². The number of hydrogen-bond donors (Lipinski definition) is 0. The van der Waals surface area contributed by atoms with E-state index in [-0.39, 0.29) is 0 Å². The van der Waals surface area contributed by atoms with Crippen molar-refractivity contribution in [3.05, 3.63) is 38.3 Å². The van der Waals surface area contributed by atoms with Crippen molar-refractivity contribution in [3.8, 4) is 0 Å². The molecule has 2 heteroatoms. The van der Waals surface area contributed by atoms with Crippen molar-refractivity contribution in [3.63, 3.8) is 0 Å². The van der Waals surface area contributed by atoms with E-state index in [2.05, 4.69) is 42.5 Å². The number of rotatable bonds is 1. The van der Waals surface area contributed by atoms with Crippen LogP contribution in [0.15, 0.2) is 18.2 Å². The molecule has 0 spiro atoms. The second-order valence-corrected chi connectivity index (χ2v) is 4.20. The molecule has 0 atom stereocenters. The Balaban J connectivity index is 3.05. The fourth-order valence-electron chi connectivity index (χ4n) is 0.807. The molecular weight excluding hydrogens is 270 g/mol. The highest BCUT2D eigenvalue weighted by Crippen LogP contribution is 2.23. The third-order valence-electron chi connectivity index (χ3n) is 1.50. The summed E-state index contributed by atoms with van der Waals surface area (Å²) in [4.78, 5) is 0. The van der Waals surface area contributed by atoms with Crippen LogP contribution in [-0.4, -0.2) is 0 Å². The molecule has 0 aromatic heterocycles. The lowest BCUT2D eigenvalue weighted by Crippen LogP contribution is -1.88. The van der Waals surface area contributed by atoms with Crippen LogP contribution in [0.2, 0.25) is 5.02 Å². The van der Waals surface area contributed by atoms with Crippen LogP contribution in [0.5, 0.6) is 0 Å². The fourth-order valence-corrected chi connectivity index (χ4v) is 1.32. The lowest BCUT2D eigenvalue weighted by Gasteiger charge is -2.04. The third kappa shape index (κ3) is 2.34. The molecule has 0 saturated heterocycles. The molecule has 0 N–H and O–H groups in total. The van der Waals surface area contributed by atoms with Gasteiger partial charge in [0.2, 0.25) is 0 Å². The predicted molar refractivity (Wildman–Crippen MR) is 57.9 cm³/mol. The van der Waals surface area contributed by atoms with Gasteiger partial charge < -0.3 is 0 Å². The van der Waals surface area contributed by atoms with Gasteiger partial charge in [-0.15, -0.1) is 0 Å². The van der Waals surface area contributed by atoms with E-state index in [1.54, 1.807) is 0 Å². The predicted octanol–water partition coefficient (Wildman–Crippen LogP) is 3.91. The van der Waals surface area contributed by atoms with Gasteiger partial charge in [-0.3, -0.25) is 0 Å². The Morgan fingerprint density at radius 3 is 2.45 bits per heavy atom. The standard InChI is InChI=1S/C9H9ClI/c1-6(2)7-3-4-9(11)8(10)5-7/h3-5H,1-2H3. The van der Waals surface area contributed by atoms with Crippen molar-refractivity contribution >= 4 is 34.2 Å². The van der Waals surface area contributed by atoms with Gasteiger partial charge >= 0.3 is 0 Å². The third-order valence-corrected chi connectivity index (χ3v) is 3.07. The van der Waals surface area contributed by atoms with Crippen LogP contribution in [0.4, 0.5) is 0 Å². The molecule has 0 saturated carbocycles. The van der Waals surface area contributed by atoms with Gasteiger partial charge in [-0.05, 0) is 46.2 Å². The van der Waals surface area contributed by atoms with E-state index < -0.39 is 0 Å². The largest absolute Gasteiger partial charge is 0.0832 e. The normalized spacial score (nSPS) is 10.6. The van der Waals surface area contributed by atoms with Crippen molar-refractivity contribution in [2.75, 3.05) is 0 Å². The molecule has 0 aliphatic heterocycles. The Bertz CT molecular complexity index is 256. The zero-order valence-electron chi connectivity index (χ0n) is 6.49. The van der Waals surface area contributed by atoms with Crippen LogP contribution in [-0.2, 0) is 0 Å². The summed E-state index contributed by atoms with van der Waals surface area (Å²) in [5, 5.41) is 0.837. The van der Waals surface area contributed by atoms with Gasteiger partial charge in [-0.1, -0.05) is 31.5 Å². The maximum Gasteiger partial charge on any atom is 0.0542 e. The Labute approximate surface area is 86.1 Å². The molecule has 0 bridgehead atoms. The zero-order chi connectivity index (χ0) is 8.43. The number of benzene rings is 1. The summed E-state index contributed by atoms with van der Waals surface area (Å²) in [6.45, 7) is 4.16. The molecule has 0 aliphatic rings. The second-order valence-electron chi connectivity index (χ2n) is 2.63. The summed E-state index contributed by atoms with van der Waals surface area (Å²) in [5.41, 5.74) is 1.22. The van der Waals surface area contributed by atoms with Crippen molar-refractivity contribution in [1.82, 2.24) is 0 Å². The van der Waals surface area contributed by atoms with E-state index >= 15 is 0 Å². The highest BCUT2D eigenvalue weighted by Gasteiger charge is 2.01. The summed E-state index contributed by atoms with van der Waals surface area (Å²) < 4.78 is 1.11. The lowest BCUT2D eigenvalue weighted by molar-refractivity contribution is 1.15. The van der Waals surface area contributed by atoms with E-state index in [9.17, 15) is 0 Å². The maximum absolute atomic E-state index is 5.94. The van der Waals surface area contributed by atoms with Crippen LogP contribution in [0.25, 0.3) is 0 Å². The summed E-state index contributed by atoms with van der Waals surface area (Å²) in [6.07, 6.45) is 0. The van der Waals surface area contributed by atoms with Crippen molar-refractivity contribution in [2.24, 2.45) is 0 Å². The highest BCUT2D eigenvalue weighted by atomic mass is 127. The minimum atomic E-state index is 0.837. The van der Waals surface area contributed by atoms with E-state index in [1.165, 1.54) is 11.5 Å². The lowest BCUT2D eigenvalue weighted by atomic mass is 10.0. The number of hydrogen-bond acceptors (Lipinski definition) is 0. The Morgan fingerprint density at radius 1 is 1.36 bits per heavy atom. The van der Waals surface area contributed by atoms with Crippen LogP contribution in [0.3, 0.4) is 0 Å². The first kappa shape index (κ1) is 9.33. The second kappa shape index (κ2) is 3.76. The maximum atomic E-state index is 5.94. The van der Waals surface area contributed by atoms with E-state index in [1.807, 2.05) is 12.1 Å². The molecule has 0 heterocycles. The van der Waals surface area contributed by atoms with Crippen molar-refractivity contribution in [1.29, 1.82) is 0 Å². The van der Waals surface area contributed by atoms with Gasteiger partial charge in [0.15, 0.2) is 0 Å². The molecule has 1 rings (SSSR count). The molecule has 59 valence electrons. The molecule has 1 aromatic rings. The zero-order valence-corrected chi connectivity index (χ0v) is 9.40. The molecule has 1 radical (unpaired) electrons. The molecule has 0 unspecified atom stereocenters. The first-order valence-electron chi connectivity index (χ1n) is 3.37. The average molecular weight is 280 g/mol. The van der Waals surface area contributed by atoms with Crippen LogP contribution in [0.1, 0.15) is 19.4 Å². The Hall–Kier alpha value is 0.240. The summed E-state index contributed by atoms with van der Waals surface area (Å²) in [6, 6.07) is 6.12. The van der Waals surface area contributed by atoms with E-state index in [4.69, 9.17) is 11.6 Å². The van der Waals surface area contributed by atoms with Crippen LogP contribution >= 0.6 is 34.2 Å². The van der Waals surface area contributed by atoms with E-state index in [0.717, 1.165) is 8.59 Å². The molecule has 0 amide bonds. The number of halogens is 2. The van der Waals surface area contributed by atoms with Crippen LogP contribution in [0, 0.1) is 9.49 Å². The van der Waals surface area contributed by atoms with Crippen molar-refractivity contribution in [2.45, 2.75) is 13.8 Å². The summed E-state index contributed by atoms with van der Waals surface area (Å²) in [5.74, 6) is 1.29. The average Bonchev–Trinajstić information content (AvgIpc) is 1.94. The van der Waals surface area contributed by atoms with Gasteiger partial charge in [0.1, 0.15) is 0 Å². The molecule has 1 aromatic carbocycles. The van der Waals surface area contributed by atoms with Crippen LogP contribution < -0.4 is 0 Å². The SMILES string of the molecule is C[C](C)c1ccc(I)c(Cl)c1. The first-order valence-corrected chi connectivity index (χ1v) is 4.82. The smallest absolute Gasteiger partial charge is 0.0542 e. The summed E-state index contributed by atoms with van der Waals surface area (Å²) >= 11 is 8.16. The topological polar surface area (TPSA) is 0 Å². The van der Waals surface area contributed by atoms with E-state index in [0.29, 0.717) is 0 Å². The van der Waals surface area contributed by atoms with Gasteiger partial charge in [-0.25, -0.2) is 0 Å². The molecule has 0 nitrogen and oxygen atoms in total. The minimum absolute atomic E-state index is 0.837. The Kier molecular flexibility index (Phi) is 3.19. The molecular formula is C9H9ClI. The molecule has 11 heavy (non-hydrogen) atoms. The summed E-state index contributed by atoms with van der Waals surface area (Å²) in [7, 11) is 0. The van der Waals surface area contributed by atoms with Gasteiger partial charge in [0.25, 0.3) is 0 Å². The Morgan fingerprint density at radius 2 is 2.00 bits per heavy atom. The molecule has 0 fully saturated rings.